The maximum Gasteiger partial charge on any atom is 0.326 e. The van der Waals surface area contributed by atoms with Crippen LogP contribution in [0.15, 0.2) is 34.3 Å². The van der Waals surface area contributed by atoms with Crippen LogP contribution in [0.1, 0.15) is 84.6 Å². The quantitative estimate of drug-likeness (QED) is 0.0320. The molecule has 19 heteroatoms. The molecule has 0 saturated carbocycles. The first-order valence-corrected chi connectivity index (χ1v) is 19.7. The fourth-order valence-electron chi connectivity index (χ4n) is 6.53. The number of aromatic hydroxyl groups is 1. The van der Waals surface area contributed by atoms with Gasteiger partial charge in [0.2, 0.25) is 23.6 Å². The van der Waals surface area contributed by atoms with Crippen LogP contribution in [0.4, 0.5) is 0 Å². The van der Waals surface area contributed by atoms with Gasteiger partial charge in [-0.3, -0.25) is 29.2 Å². The van der Waals surface area contributed by atoms with Crippen molar-refractivity contribution in [3.8, 4) is 5.75 Å². The van der Waals surface area contributed by atoms with Crippen molar-refractivity contribution in [3.63, 3.8) is 0 Å². The van der Waals surface area contributed by atoms with Crippen LogP contribution in [0.5, 0.6) is 5.75 Å². The van der Waals surface area contributed by atoms with E-state index in [0.29, 0.717) is 76.7 Å². The van der Waals surface area contributed by atoms with Crippen molar-refractivity contribution in [2.45, 2.75) is 122 Å². The number of nitrogens with two attached hydrogens (primary N) is 5. The third-order valence-electron chi connectivity index (χ3n) is 9.86. The van der Waals surface area contributed by atoms with E-state index in [1.807, 2.05) is 20.8 Å². The Hall–Kier alpha value is -5.17. The van der Waals surface area contributed by atoms with Gasteiger partial charge in [-0.25, -0.2) is 4.79 Å². The number of hydrogen-bond acceptors (Lipinski definition) is 10. The summed E-state index contributed by atoms with van der Waals surface area (Å²) in [7, 11) is 0. The molecule has 1 aromatic rings. The average molecular weight is 803 g/mol. The van der Waals surface area contributed by atoms with E-state index in [0.717, 1.165) is 0 Å². The minimum absolute atomic E-state index is 0.00415. The van der Waals surface area contributed by atoms with Crippen molar-refractivity contribution in [1.82, 2.24) is 26.2 Å². The molecule has 4 amide bonds. The summed E-state index contributed by atoms with van der Waals surface area (Å²) in [6.07, 6.45) is 3.62. The van der Waals surface area contributed by atoms with E-state index in [4.69, 9.17) is 28.7 Å². The summed E-state index contributed by atoms with van der Waals surface area (Å²) in [5.41, 5.74) is 28.7. The summed E-state index contributed by atoms with van der Waals surface area (Å²) >= 11 is 0. The minimum Gasteiger partial charge on any atom is -0.508 e. The minimum atomic E-state index is -1.20. The lowest BCUT2D eigenvalue weighted by Gasteiger charge is -2.31. The van der Waals surface area contributed by atoms with Crippen LogP contribution in [-0.4, -0.2) is 119 Å². The largest absolute Gasteiger partial charge is 0.508 e. The van der Waals surface area contributed by atoms with Gasteiger partial charge in [0.15, 0.2) is 11.9 Å². The number of rotatable bonds is 25. The molecular formula is C38H66N12O7. The summed E-state index contributed by atoms with van der Waals surface area (Å²) < 4.78 is 0. The smallest absolute Gasteiger partial charge is 0.326 e. The molecule has 0 radical (unpaired) electrons. The summed E-state index contributed by atoms with van der Waals surface area (Å²) in [4.78, 5) is 77.3. The molecule has 7 atom stereocenters. The number of nitrogens with zero attached hydrogens (tertiary/aromatic N) is 3. The van der Waals surface area contributed by atoms with E-state index >= 15 is 0 Å². The molecule has 1 unspecified atom stereocenters. The zero-order valence-corrected chi connectivity index (χ0v) is 33.8. The van der Waals surface area contributed by atoms with E-state index in [1.54, 1.807) is 19.1 Å². The Kier molecular flexibility index (Phi) is 20.6. The van der Waals surface area contributed by atoms with E-state index in [-0.39, 0.29) is 48.4 Å². The van der Waals surface area contributed by atoms with Crippen molar-refractivity contribution < 1.29 is 34.2 Å². The topological polar surface area (TPSA) is 332 Å². The maximum atomic E-state index is 14.1. The molecule has 2 rings (SSSR count). The van der Waals surface area contributed by atoms with E-state index in [2.05, 4.69) is 31.3 Å². The predicted octanol–water partition coefficient (Wildman–Crippen LogP) is -1.05. The molecule has 57 heavy (non-hydrogen) atoms. The summed E-state index contributed by atoms with van der Waals surface area (Å²) in [5.74, 6) is -3.84. The number of carboxylic acids is 1. The van der Waals surface area contributed by atoms with Gasteiger partial charge >= 0.3 is 5.97 Å². The Bertz CT molecular complexity index is 1520. The Morgan fingerprint density at radius 1 is 0.860 bits per heavy atom. The molecule has 320 valence electrons. The van der Waals surface area contributed by atoms with Crippen molar-refractivity contribution in [2.75, 3.05) is 26.2 Å². The third kappa shape index (κ3) is 17.2. The number of carboxylic acid groups (broad SMARTS) is 1. The monoisotopic (exact) mass is 803 g/mol. The molecule has 0 aromatic heterocycles. The van der Waals surface area contributed by atoms with Gasteiger partial charge in [0.05, 0.1) is 6.04 Å². The van der Waals surface area contributed by atoms with Crippen molar-refractivity contribution in [2.24, 2.45) is 50.5 Å². The Morgan fingerprint density at radius 3 is 2.04 bits per heavy atom. The number of phenols is 1. The molecule has 1 fully saturated rings. The van der Waals surface area contributed by atoms with E-state index in [9.17, 15) is 34.2 Å². The number of carbonyl (C=O) groups is 5. The number of aliphatic imine (C=N–C) groups is 2. The van der Waals surface area contributed by atoms with Crippen LogP contribution >= 0.6 is 0 Å². The molecular weight excluding hydrogens is 736 g/mol. The first kappa shape index (κ1) is 48.0. The number of benzene rings is 1. The third-order valence-corrected chi connectivity index (χ3v) is 9.86. The fourth-order valence-corrected chi connectivity index (χ4v) is 6.53. The van der Waals surface area contributed by atoms with Gasteiger partial charge in [0.1, 0.15) is 29.9 Å². The van der Waals surface area contributed by atoms with Crippen LogP contribution in [0.2, 0.25) is 0 Å². The molecule has 19 nitrogen and oxygen atoms in total. The second-order valence-electron chi connectivity index (χ2n) is 15.1. The van der Waals surface area contributed by atoms with Gasteiger partial charge in [0.25, 0.3) is 0 Å². The number of hydrogen-bond donors (Lipinski definition) is 11. The lowest BCUT2D eigenvalue weighted by Crippen LogP contribution is -2.60. The van der Waals surface area contributed by atoms with Crippen molar-refractivity contribution in [3.05, 3.63) is 29.8 Å². The normalized spacial score (nSPS) is 17.0. The second-order valence-corrected chi connectivity index (χ2v) is 15.1. The van der Waals surface area contributed by atoms with E-state index < -0.39 is 59.8 Å². The first-order valence-electron chi connectivity index (χ1n) is 19.7. The highest BCUT2D eigenvalue weighted by molar-refractivity contribution is 5.96. The molecule has 16 N–H and O–H groups in total. The number of amides is 4. The van der Waals surface area contributed by atoms with Gasteiger partial charge in [-0.2, -0.15) is 0 Å². The van der Waals surface area contributed by atoms with Gasteiger partial charge < -0.3 is 65.0 Å². The van der Waals surface area contributed by atoms with Gasteiger partial charge in [0, 0.05) is 38.6 Å². The Morgan fingerprint density at radius 2 is 1.47 bits per heavy atom. The van der Waals surface area contributed by atoms with Gasteiger partial charge in [-0.05, 0) is 74.5 Å². The standard InChI is InChI=1S/C38H66N12O7/c1-5-23(4)31(34(54)48-29(36(56)57)19-22(2)3)49-32(52)28(20-24-12-14-26(51)15-13-24)47-33(53)30-11-8-18-50(30)35(55)27(10-7-17-45-38(42)43)46-21-25(39)9-6-16-44-37(40)41/h12-15,22-23,25,27-31,46,51H,5-11,16-21,39H2,1-4H3,(H,47,53)(H,48,54)(H,49,52)(H,56,57)(H4,40,41,44)(H4,42,43,45)/t23?,25-,27-,28-,29-,30-,31-/m0/s1. The molecule has 1 aliphatic heterocycles. The summed E-state index contributed by atoms with van der Waals surface area (Å²) in [6.45, 7) is 8.60. The molecule has 0 bridgehead atoms. The van der Waals surface area contributed by atoms with Crippen LogP contribution < -0.4 is 49.9 Å². The Balaban J connectivity index is 2.32. The highest BCUT2D eigenvalue weighted by Gasteiger charge is 2.39. The molecule has 1 aromatic carbocycles. The zero-order valence-electron chi connectivity index (χ0n) is 33.8. The number of likely N-dealkylation sites (tertiary alicyclic amines) is 1. The lowest BCUT2D eigenvalue weighted by atomic mass is 9.96. The highest BCUT2D eigenvalue weighted by Crippen LogP contribution is 2.21. The number of guanidine groups is 2. The van der Waals surface area contributed by atoms with E-state index in [1.165, 1.54) is 17.0 Å². The highest BCUT2D eigenvalue weighted by atomic mass is 16.4. The number of aliphatic carboxylic acids is 1. The van der Waals surface area contributed by atoms with Crippen LogP contribution in [-0.2, 0) is 30.4 Å². The van der Waals surface area contributed by atoms with Crippen molar-refractivity contribution in [1.29, 1.82) is 0 Å². The Labute approximate surface area is 335 Å². The molecule has 1 aliphatic rings. The van der Waals surface area contributed by atoms with Gasteiger partial charge in [-0.1, -0.05) is 46.2 Å². The van der Waals surface area contributed by atoms with Crippen LogP contribution in [0.3, 0.4) is 0 Å². The molecule has 0 spiro atoms. The second kappa shape index (κ2) is 24.5. The SMILES string of the molecule is CCC(C)[C@H](NC(=O)[C@H](Cc1ccc(O)cc1)NC(=O)[C@@H]1CCCN1C(=O)[C@H](CCCN=C(N)N)NC[C@@H](N)CCCN=C(N)N)C(=O)N[C@@H](CC(C)C)C(=O)O. The number of carbonyl (C=O) groups excluding carboxylic acids is 4. The number of phenolic OH excluding ortho intramolecular Hbond substituents is 1. The molecule has 0 aliphatic carbocycles. The lowest BCUT2D eigenvalue weighted by molar-refractivity contribution is -0.143. The fraction of sp³-hybridized carbons (Fsp3) is 0.658. The predicted molar refractivity (Wildman–Crippen MR) is 218 cm³/mol. The summed E-state index contributed by atoms with van der Waals surface area (Å²) in [5, 5.41) is 31.1. The number of nitrogens with one attached hydrogen (secondary N) is 4. The zero-order chi connectivity index (χ0) is 42.7. The molecule has 1 saturated heterocycles. The summed E-state index contributed by atoms with van der Waals surface area (Å²) in [6, 6.07) is 0.743. The van der Waals surface area contributed by atoms with Crippen LogP contribution in [0.25, 0.3) is 0 Å². The van der Waals surface area contributed by atoms with Gasteiger partial charge in [-0.15, -0.1) is 0 Å². The first-order chi connectivity index (χ1) is 26.9. The maximum absolute atomic E-state index is 14.1. The van der Waals surface area contributed by atoms with Crippen LogP contribution in [0, 0.1) is 11.8 Å². The molecule has 1 heterocycles. The average Bonchev–Trinajstić information content (AvgIpc) is 3.65. The van der Waals surface area contributed by atoms with Crippen molar-refractivity contribution >= 4 is 41.5 Å².